The minimum atomic E-state index is -0.566. The normalized spacial score (nSPS) is 18.5. The average Bonchev–Trinajstić information content (AvgIpc) is 3.19. The molecule has 0 N–H and O–H groups in total. The number of benzene rings is 1. The van der Waals surface area contributed by atoms with Crippen molar-refractivity contribution in [3.05, 3.63) is 53.0 Å². The Balaban J connectivity index is 1.74. The Morgan fingerprint density at radius 2 is 1.70 bits per heavy atom. The minimum absolute atomic E-state index is 0.168. The molecule has 1 aliphatic heterocycles. The van der Waals surface area contributed by atoms with E-state index < -0.39 is 5.79 Å². The fraction of sp³-hybridized carbons (Fsp3) is 0.591. The van der Waals surface area contributed by atoms with Gasteiger partial charge in [-0.05, 0) is 30.5 Å². The van der Waals surface area contributed by atoms with Crippen LogP contribution in [0.1, 0.15) is 51.5 Å². The van der Waals surface area contributed by atoms with Gasteiger partial charge >= 0.3 is 0 Å². The third kappa shape index (κ3) is 5.43. The van der Waals surface area contributed by atoms with Crippen LogP contribution in [-0.4, -0.2) is 28.6 Å². The second kappa shape index (κ2) is 9.35. The Bertz CT molecular complexity index is 669. The summed E-state index contributed by atoms with van der Waals surface area (Å²) in [6.07, 6.45) is 11.9. The summed E-state index contributed by atoms with van der Waals surface area (Å²) in [6.45, 7) is 6.91. The van der Waals surface area contributed by atoms with Gasteiger partial charge in [-0.2, -0.15) is 0 Å². The molecule has 0 atom stereocenters. The van der Waals surface area contributed by atoms with Gasteiger partial charge in [0.25, 0.3) is 0 Å². The summed E-state index contributed by atoms with van der Waals surface area (Å²) < 4.78 is 16.3. The molecule has 5 heteroatoms. The molecular weight excluding hydrogens is 404 g/mol. The highest BCUT2D eigenvalue weighted by atomic mass is 79.9. The molecule has 0 unspecified atom stereocenters. The van der Waals surface area contributed by atoms with Gasteiger partial charge < -0.3 is 14.0 Å². The molecule has 148 valence electrons. The van der Waals surface area contributed by atoms with Crippen LogP contribution in [-0.2, 0) is 22.4 Å². The van der Waals surface area contributed by atoms with E-state index in [4.69, 9.17) is 9.47 Å². The highest BCUT2D eigenvalue weighted by Gasteiger charge is 2.43. The van der Waals surface area contributed by atoms with Crippen molar-refractivity contribution in [2.24, 2.45) is 5.41 Å². The van der Waals surface area contributed by atoms with E-state index in [1.54, 1.807) is 0 Å². The van der Waals surface area contributed by atoms with Crippen LogP contribution in [0.5, 0.6) is 0 Å². The van der Waals surface area contributed by atoms with Crippen molar-refractivity contribution in [1.82, 2.24) is 9.55 Å². The van der Waals surface area contributed by atoms with Crippen LogP contribution in [0.4, 0.5) is 0 Å². The number of hydrogen-bond acceptors (Lipinski definition) is 3. The Labute approximate surface area is 171 Å². The quantitative estimate of drug-likeness (QED) is 0.514. The van der Waals surface area contributed by atoms with Crippen LogP contribution in [0.15, 0.2) is 47.5 Å². The lowest BCUT2D eigenvalue weighted by Gasteiger charge is -2.47. The number of aromatic nitrogens is 2. The monoisotopic (exact) mass is 434 g/mol. The highest BCUT2D eigenvalue weighted by Crippen LogP contribution is 2.40. The summed E-state index contributed by atoms with van der Waals surface area (Å²) in [5.74, 6) is -0.566. The first-order valence-corrected chi connectivity index (χ1v) is 10.9. The first-order valence-electron chi connectivity index (χ1n) is 10.1. The van der Waals surface area contributed by atoms with E-state index in [2.05, 4.69) is 63.6 Å². The number of hydrogen-bond donors (Lipinski definition) is 0. The van der Waals surface area contributed by atoms with Crippen LogP contribution in [0.25, 0.3) is 0 Å². The Morgan fingerprint density at radius 1 is 1.04 bits per heavy atom. The molecule has 1 aromatic heterocycles. The van der Waals surface area contributed by atoms with E-state index in [-0.39, 0.29) is 5.41 Å². The first-order chi connectivity index (χ1) is 13.1. The van der Waals surface area contributed by atoms with Crippen LogP contribution >= 0.6 is 15.9 Å². The van der Waals surface area contributed by atoms with Crippen molar-refractivity contribution >= 4 is 15.9 Å². The van der Waals surface area contributed by atoms with Crippen molar-refractivity contribution < 1.29 is 9.47 Å². The fourth-order valence-corrected chi connectivity index (χ4v) is 4.36. The number of imidazole rings is 1. The Morgan fingerprint density at radius 3 is 2.26 bits per heavy atom. The highest BCUT2D eigenvalue weighted by molar-refractivity contribution is 9.10. The minimum Gasteiger partial charge on any atom is -0.349 e. The maximum absolute atomic E-state index is 6.55. The SMILES string of the molecule is CCCC1(CCC)COC(CCn2ccnc2)(Cc2ccc(Br)cc2)OC1. The molecule has 27 heavy (non-hydrogen) atoms. The molecule has 0 aliphatic carbocycles. The van der Waals surface area contributed by atoms with E-state index in [9.17, 15) is 0 Å². The van der Waals surface area contributed by atoms with Gasteiger partial charge in [-0.25, -0.2) is 4.98 Å². The molecule has 1 saturated heterocycles. The second-order valence-electron chi connectivity index (χ2n) is 7.84. The lowest BCUT2D eigenvalue weighted by Crippen LogP contribution is -2.51. The van der Waals surface area contributed by atoms with Crippen molar-refractivity contribution in [2.45, 2.75) is 64.7 Å². The van der Waals surface area contributed by atoms with E-state index >= 15 is 0 Å². The van der Waals surface area contributed by atoms with Crippen LogP contribution in [0, 0.1) is 5.41 Å². The third-order valence-electron chi connectivity index (χ3n) is 5.54. The topological polar surface area (TPSA) is 36.3 Å². The summed E-state index contributed by atoms with van der Waals surface area (Å²) in [7, 11) is 0. The van der Waals surface area contributed by atoms with Gasteiger partial charge in [0.05, 0.1) is 19.5 Å². The zero-order valence-corrected chi connectivity index (χ0v) is 18.1. The molecule has 0 radical (unpaired) electrons. The smallest absolute Gasteiger partial charge is 0.174 e. The lowest BCUT2D eigenvalue weighted by atomic mass is 9.79. The van der Waals surface area contributed by atoms with E-state index in [0.717, 1.165) is 49.9 Å². The predicted octanol–water partition coefficient (Wildman–Crippen LogP) is 5.61. The molecule has 1 aromatic carbocycles. The fourth-order valence-electron chi connectivity index (χ4n) is 4.09. The molecule has 0 amide bonds. The number of nitrogens with zero attached hydrogens (tertiary/aromatic N) is 2. The first kappa shape index (κ1) is 20.6. The predicted molar refractivity (Wildman–Crippen MR) is 112 cm³/mol. The molecule has 0 bridgehead atoms. The van der Waals surface area contributed by atoms with E-state index in [1.807, 2.05) is 18.7 Å². The molecule has 1 fully saturated rings. The number of ether oxygens (including phenoxy) is 2. The maximum atomic E-state index is 6.55. The molecule has 2 heterocycles. The van der Waals surface area contributed by atoms with Gasteiger partial charge in [0.15, 0.2) is 5.79 Å². The zero-order chi connectivity index (χ0) is 19.2. The average molecular weight is 435 g/mol. The van der Waals surface area contributed by atoms with Crippen molar-refractivity contribution in [3.63, 3.8) is 0 Å². The van der Waals surface area contributed by atoms with Crippen molar-refractivity contribution in [3.8, 4) is 0 Å². The van der Waals surface area contributed by atoms with Gasteiger partial charge in [-0.1, -0.05) is 54.8 Å². The maximum Gasteiger partial charge on any atom is 0.174 e. The van der Waals surface area contributed by atoms with Gasteiger partial charge in [-0.15, -0.1) is 0 Å². The van der Waals surface area contributed by atoms with Crippen LogP contribution < -0.4 is 0 Å². The lowest BCUT2D eigenvalue weighted by molar-refractivity contribution is -0.309. The molecule has 0 saturated carbocycles. The Hall–Kier alpha value is -1.17. The van der Waals surface area contributed by atoms with Crippen LogP contribution in [0.2, 0.25) is 0 Å². The zero-order valence-electron chi connectivity index (χ0n) is 16.5. The Kier molecular flexibility index (Phi) is 7.12. The van der Waals surface area contributed by atoms with Crippen LogP contribution in [0.3, 0.4) is 0 Å². The summed E-state index contributed by atoms with van der Waals surface area (Å²) in [4.78, 5) is 4.15. The van der Waals surface area contributed by atoms with Crippen molar-refractivity contribution in [2.75, 3.05) is 13.2 Å². The summed E-state index contributed by atoms with van der Waals surface area (Å²) in [6, 6.07) is 8.46. The molecule has 2 aromatic rings. The summed E-state index contributed by atoms with van der Waals surface area (Å²) in [5, 5.41) is 0. The second-order valence-corrected chi connectivity index (χ2v) is 8.76. The molecule has 1 aliphatic rings. The summed E-state index contributed by atoms with van der Waals surface area (Å²) >= 11 is 3.52. The molecular formula is C22H31BrN2O2. The summed E-state index contributed by atoms with van der Waals surface area (Å²) in [5.41, 5.74) is 1.41. The van der Waals surface area contributed by atoms with Gasteiger partial charge in [0.1, 0.15) is 0 Å². The number of aryl methyl sites for hydroxylation is 1. The number of rotatable bonds is 9. The molecule has 0 spiro atoms. The standard InChI is InChI=1S/C22H31BrN2O2/c1-3-9-21(10-4-2)16-26-22(27-17-21,11-13-25-14-12-24-18-25)15-19-5-7-20(23)8-6-19/h5-8,12,14,18H,3-4,9-11,13,15-17H2,1-2H3. The van der Waals surface area contributed by atoms with E-state index in [0.29, 0.717) is 0 Å². The van der Waals surface area contributed by atoms with E-state index in [1.165, 1.54) is 18.4 Å². The van der Waals surface area contributed by atoms with Gasteiger partial charge in [0, 0.05) is 41.7 Å². The number of halogens is 1. The molecule has 4 nitrogen and oxygen atoms in total. The van der Waals surface area contributed by atoms with Gasteiger partial charge in [0.2, 0.25) is 0 Å². The van der Waals surface area contributed by atoms with Crippen molar-refractivity contribution in [1.29, 1.82) is 0 Å². The third-order valence-corrected chi connectivity index (χ3v) is 6.07. The molecule has 3 rings (SSSR count). The largest absolute Gasteiger partial charge is 0.349 e. The van der Waals surface area contributed by atoms with Gasteiger partial charge in [-0.3, -0.25) is 0 Å².